The highest BCUT2D eigenvalue weighted by Gasteiger charge is 2.11. The molecule has 128 valence electrons. The molecule has 0 aliphatic heterocycles. The molecule has 0 saturated carbocycles. The monoisotopic (exact) mass is 390 g/mol. The molecule has 6 heteroatoms. The Bertz CT molecular complexity index is 718. The van der Waals surface area contributed by atoms with E-state index in [0.717, 1.165) is 47.2 Å². The van der Waals surface area contributed by atoms with Crippen LogP contribution in [0.5, 0.6) is 0 Å². The number of nitrogens with one attached hydrogen (secondary N) is 2. The average Bonchev–Trinajstić information content (AvgIpc) is 2.54. The van der Waals surface area contributed by atoms with Crippen molar-refractivity contribution in [2.45, 2.75) is 40.0 Å². The molecule has 0 aliphatic rings. The number of carbonyl (C=O) groups is 1. The van der Waals surface area contributed by atoms with Crippen molar-refractivity contribution in [3.63, 3.8) is 0 Å². The van der Waals surface area contributed by atoms with Gasteiger partial charge in [0.1, 0.15) is 5.69 Å². The Hall–Kier alpha value is -1.95. The Morgan fingerprint density at radius 2 is 1.96 bits per heavy atom. The molecule has 2 N–H and O–H groups in total. The Morgan fingerprint density at radius 3 is 2.67 bits per heavy atom. The van der Waals surface area contributed by atoms with Crippen LogP contribution in [-0.4, -0.2) is 22.4 Å². The summed E-state index contributed by atoms with van der Waals surface area (Å²) in [5, 5.41) is 6.07. The van der Waals surface area contributed by atoms with Gasteiger partial charge in [-0.2, -0.15) is 0 Å². The van der Waals surface area contributed by atoms with Crippen LogP contribution in [-0.2, 0) is 0 Å². The summed E-state index contributed by atoms with van der Waals surface area (Å²) < 4.78 is 1.01. The van der Waals surface area contributed by atoms with Crippen LogP contribution < -0.4 is 10.6 Å². The maximum Gasteiger partial charge on any atom is 0.274 e. The number of unbranched alkanes of at least 4 members (excludes halogenated alkanes) is 2. The molecule has 0 bridgehead atoms. The van der Waals surface area contributed by atoms with Crippen molar-refractivity contribution in [2.75, 3.05) is 17.2 Å². The molecule has 24 heavy (non-hydrogen) atoms. The number of carbonyl (C=O) groups excluding carboxylic acids is 1. The SMILES string of the molecule is CCCCCNc1nc(C)cc(C(=O)Nc2ccc(Br)c(C)c2)n1. The molecule has 0 aliphatic carbocycles. The first-order valence-corrected chi connectivity index (χ1v) is 8.96. The molecular weight excluding hydrogens is 368 g/mol. The van der Waals surface area contributed by atoms with Crippen LogP contribution in [0.15, 0.2) is 28.7 Å². The lowest BCUT2D eigenvalue weighted by Crippen LogP contribution is -2.16. The molecule has 0 saturated heterocycles. The Morgan fingerprint density at radius 1 is 1.17 bits per heavy atom. The van der Waals surface area contributed by atoms with Gasteiger partial charge < -0.3 is 10.6 Å². The summed E-state index contributed by atoms with van der Waals surface area (Å²) in [4.78, 5) is 21.1. The molecular formula is C18H23BrN4O. The van der Waals surface area contributed by atoms with Gasteiger partial charge in [-0.25, -0.2) is 9.97 Å². The normalized spacial score (nSPS) is 10.5. The van der Waals surface area contributed by atoms with Crippen LogP contribution in [0, 0.1) is 13.8 Å². The molecule has 2 aromatic rings. The summed E-state index contributed by atoms with van der Waals surface area (Å²) in [5.74, 6) is 0.266. The molecule has 0 spiro atoms. The van der Waals surface area contributed by atoms with E-state index in [-0.39, 0.29) is 5.91 Å². The second-order valence-electron chi connectivity index (χ2n) is 5.77. The molecule has 0 radical (unpaired) electrons. The highest BCUT2D eigenvalue weighted by molar-refractivity contribution is 9.10. The first-order chi connectivity index (χ1) is 11.5. The Balaban J connectivity index is 2.07. The van der Waals surface area contributed by atoms with Crippen molar-refractivity contribution in [3.05, 3.63) is 45.7 Å². The van der Waals surface area contributed by atoms with E-state index in [4.69, 9.17) is 0 Å². The largest absolute Gasteiger partial charge is 0.354 e. The number of amides is 1. The molecule has 1 heterocycles. The molecule has 1 aromatic heterocycles. The minimum atomic E-state index is -0.237. The van der Waals surface area contributed by atoms with Crippen LogP contribution in [0.25, 0.3) is 0 Å². The van der Waals surface area contributed by atoms with Crippen LogP contribution >= 0.6 is 15.9 Å². The number of halogens is 1. The highest BCUT2D eigenvalue weighted by Crippen LogP contribution is 2.20. The van der Waals surface area contributed by atoms with Crippen molar-refractivity contribution < 1.29 is 4.79 Å². The van der Waals surface area contributed by atoms with Crippen molar-refractivity contribution in [1.29, 1.82) is 0 Å². The lowest BCUT2D eigenvalue weighted by atomic mass is 10.2. The van der Waals surface area contributed by atoms with E-state index in [1.807, 2.05) is 32.0 Å². The third kappa shape index (κ3) is 5.30. The zero-order valence-electron chi connectivity index (χ0n) is 14.3. The lowest BCUT2D eigenvalue weighted by Gasteiger charge is -2.09. The molecule has 5 nitrogen and oxygen atoms in total. The minimum absolute atomic E-state index is 0.237. The highest BCUT2D eigenvalue weighted by atomic mass is 79.9. The number of rotatable bonds is 7. The minimum Gasteiger partial charge on any atom is -0.354 e. The van der Waals surface area contributed by atoms with E-state index < -0.39 is 0 Å². The number of anilines is 2. The predicted octanol–water partition coefficient (Wildman–Crippen LogP) is 4.71. The summed E-state index contributed by atoms with van der Waals surface area (Å²) in [5.41, 5.74) is 2.93. The summed E-state index contributed by atoms with van der Waals surface area (Å²) in [6, 6.07) is 7.38. The first kappa shape index (κ1) is 18.4. The number of aromatic nitrogens is 2. The van der Waals surface area contributed by atoms with Crippen molar-refractivity contribution >= 4 is 33.5 Å². The van der Waals surface area contributed by atoms with E-state index in [1.165, 1.54) is 0 Å². The van der Waals surface area contributed by atoms with Crippen LogP contribution in [0.1, 0.15) is 47.9 Å². The third-order valence-corrected chi connectivity index (χ3v) is 4.46. The predicted molar refractivity (Wildman–Crippen MR) is 102 cm³/mol. The van der Waals surface area contributed by atoms with E-state index in [2.05, 4.69) is 43.5 Å². The second-order valence-corrected chi connectivity index (χ2v) is 6.62. The fourth-order valence-corrected chi connectivity index (χ4v) is 2.50. The third-order valence-electron chi connectivity index (χ3n) is 3.57. The summed E-state index contributed by atoms with van der Waals surface area (Å²) in [7, 11) is 0. The molecule has 0 fully saturated rings. The summed E-state index contributed by atoms with van der Waals surface area (Å²) in [6.07, 6.45) is 3.39. The van der Waals surface area contributed by atoms with Crippen molar-refractivity contribution in [3.8, 4) is 0 Å². The van der Waals surface area contributed by atoms with Gasteiger partial charge in [0.05, 0.1) is 0 Å². The molecule has 0 unspecified atom stereocenters. The molecule has 1 amide bonds. The van der Waals surface area contributed by atoms with E-state index >= 15 is 0 Å². The number of hydrogen-bond acceptors (Lipinski definition) is 4. The second kappa shape index (κ2) is 8.78. The average molecular weight is 391 g/mol. The van der Waals surface area contributed by atoms with Gasteiger partial charge in [0.15, 0.2) is 0 Å². The van der Waals surface area contributed by atoms with E-state index in [9.17, 15) is 4.79 Å². The van der Waals surface area contributed by atoms with Crippen molar-refractivity contribution in [1.82, 2.24) is 9.97 Å². The number of benzene rings is 1. The standard InChI is InChI=1S/C18H23BrN4O/c1-4-5-6-9-20-18-21-13(3)11-16(23-18)17(24)22-14-7-8-15(19)12(2)10-14/h7-8,10-11H,4-6,9H2,1-3H3,(H,22,24)(H,20,21,23). The maximum absolute atomic E-state index is 12.5. The summed E-state index contributed by atoms with van der Waals surface area (Å²) >= 11 is 3.45. The van der Waals surface area contributed by atoms with Gasteiger partial charge in [0.2, 0.25) is 5.95 Å². The Labute approximate surface area is 151 Å². The topological polar surface area (TPSA) is 66.9 Å². The number of hydrogen-bond donors (Lipinski definition) is 2. The van der Waals surface area contributed by atoms with Gasteiger partial charge in [-0.1, -0.05) is 35.7 Å². The van der Waals surface area contributed by atoms with Crippen LogP contribution in [0.2, 0.25) is 0 Å². The van der Waals surface area contributed by atoms with Crippen LogP contribution in [0.4, 0.5) is 11.6 Å². The first-order valence-electron chi connectivity index (χ1n) is 8.16. The summed E-state index contributed by atoms with van der Waals surface area (Å²) in [6.45, 7) is 6.81. The fourth-order valence-electron chi connectivity index (χ4n) is 2.26. The fraction of sp³-hybridized carbons (Fsp3) is 0.389. The molecule has 1 aromatic carbocycles. The maximum atomic E-state index is 12.5. The van der Waals surface area contributed by atoms with Gasteiger partial charge >= 0.3 is 0 Å². The lowest BCUT2D eigenvalue weighted by molar-refractivity contribution is 0.102. The van der Waals surface area contributed by atoms with Gasteiger partial charge in [0, 0.05) is 22.4 Å². The van der Waals surface area contributed by atoms with Gasteiger partial charge in [-0.05, 0) is 50.1 Å². The number of nitrogens with zero attached hydrogens (tertiary/aromatic N) is 2. The van der Waals surface area contributed by atoms with Gasteiger partial charge in [-0.3, -0.25) is 4.79 Å². The molecule has 0 atom stereocenters. The molecule has 2 rings (SSSR count). The zero-order chi connectivity index (χ0) is 17.5. The quantitative estimate of drug-likeness (QED) is 0.671. The van der Waals surface area contributed by atoms with Gasteiger partial charge in [-0.15, -0.1) is 0 Å². The smallest absolute Gasteiger partial charge is 0.274 e. The van der Waals surface area contributed by atoms with Gasteiger partial charge in [0.25, 0.3) is 5.91 Å². The van der Waals surface area contributed by atoms with E-state index in [0.29, 0.717) is 11.6 Å². The van der Waals surface area contributed by atoms with Crippen molar-refractivity contribution in [2.24, 2.45) is 0 Å². The Kier molecular flexibility index (Phi) is 6.73. The zero-order valence-corrected chi connectivity index (χ0v) is 15.9. The van der Waals surface area contributed by atoms with E-state index in [1.54, 1.807) is 6.07 Å². The number of aryl methyl sites for hydroxylation is 2. The van der Waals surface area contributed by atoms with Crippen LogP contribution in [0.3, 0.4) is 0 Å².